The summed E-state index contributed by atoms with van der Waals surface area (Å²) in [5.41, 5.74) is 2.43. The summed E-state index contributed by atoms with van der Waals surface area (Å²) in [7, 11) is 3.21. The number of carbonyl (C=O) groups is 1. The lowest BCUT2D eigenvalue weighted by molar-refractivity contribution is -0.116. The summed E-state index contributed by atoms with van der Waals surface area (Å²) in [6, 6.07) is 11.1. The molecule has 0 bridgehead atoms. The Labute approximate surface area is 151 Å². The van der Waals surface area contributed by atoms with E-state index in [2.05, 4.69) is 5.32 Å². The van der Waals surface area contributed by atoms with Gasteiger partial charge < -0.3 is 19.4 Å². The lowest BCUT2D eigenvalue weighted by atomic mass is 10.2. The third kappa shape index (κ3) is 3.42. The van der Waals surface area contributed by atoms with E-state index in [1.54, 1.807) is 20.3 Å². The Morgan fingerprint density at radius 1 is 1.20 bits per heavy atom. The monoisotopic (exact) mass is 358 g/mol. The highest BCUT2D eigenvalue weighted by molar-refractivity contribution is 6.31. The predicted molar refractivity (Wildman–Crippen MR) is 99.9 cm³/mol. The number of nitrogens with one attached hydrogen (secondary N) is 1. The Morgan fingerprint density at radius 3 is 2.72 bits per heavy atom. The van der Waals surface area contributed by atoms with Gasteiger partial charge in [0, 0.05) is 34.4 Å². The van der Waals surface area contributed by atoms with Gasteiger partial charge in [0.2, 0.25) is 5.91 Å². The molecule has 0 saturated heterocycles. The molecule has 0 fully saturated rings. The van der Waals surface area contributed by atoms with Crippen LogP contribution >= 0.6 is 11.6 Å². The molecule has 1 aromatic heterocycles. The van der Waals surface area contributed by atoms with Crippen molar-refractivity contribution in [1.82, 2.24) is 4.57 Å². The first-order valence-corrected chi connectivity index (χ1v) is 8.17. The Kier molecular flexibility index (Phi) is 4.86. The van der Waals surface area contributed by atoms with Crippen LogP contribution in [0.15, 0.2) is 42.6 Å². The number of nitrogens with zero attached hydrogens (tertiary/aromatic N) is 1. The first-order valence-electron chi connectivity index (χ1n) is 7.79. The maximum atomic E-state index is 12.5. The Hall–Kier alpha value is -2.66. The van der Waals surface area contributed by atoms with E-state index in [1.807, 2.05) is 48.0 Å². The van der Waals surface area contributed by atoms with Crippen LogP contribution in [0.4, 0.5) is 5.69 Å². The topological polar surface area (TPSA) is 52.5 Å². The largest absolute Gasteiger partial charge is 0.497 e. The van der Waals surface area contributed by atoms with Crippen molar-refractivity contribution in [2.75, 3.05) is 19.5 Å². The fourth-order valence-electron chi connectivity index (χ4n) is 2.75. The first-order chi connectivity index (χ1) is 12.0. The minimum atomic E-state index is -0.135. The molecular formula is C19H19ClN2O3. The molecule has 1 N–H and O–H groups in total. The predicted octanol–water partition coefficient (Wildman–Crippen LogP) is 4.26. The summed E-state index contributed by atoms with van der Waals surface area (Å²) in [6.07, 6.45) is 1.86. The summed E-state index contributed by atoms with van der Waals surface area (Å²) < 4.78 is 12.6. The van der Waals surface area contributed by atoms with Crippen LogP contribution in [0.5, 0.6) is 11.5 Å². The van der Waals surface area contributed by atoms with Crippen molar-refractivity contribution in [3.05, 3.63) is 53.2 Å². The second-order valence-corrected chi connectivity index (χ2v) is 6.07. The molecule has 6 heteroatoms. The van der Waals surface area contributed by atoms with Crippen LogP contribution in [0.25, 0.3) is 10.9 Å². The second-order valence-electron chi connectivity index (χ2n) is 5.67. The number of halogens is 1. The molecule has 0 spiro atoms. The number of hydrogen-bond acceptors (Lipinski definition) is 3. The summed E-state index contributed by atoms with van der Waals surface area (Å²) in [6.45, 7) is 2.05. The van der Waals surface area contributed by atoms with Crippen molar-refractivity contribution >= 4 is 34.1 Å². The SMILES string of the molecule is COc1cc(OC)c2ccn(CC(=O)Nc3cccc(Cl)c3C)c2c1. The van der Waals surface area contributed by atoms with Gasteiger partial charge in [-0.15, -0.1) is 0 Å². The Bertz CT molecular complexity index is 934. The highest BCUT2D eigenvalue weighted by Crippen LogP contribution is 2.32. The van der Waals surface area contributed by atoms with Crippen molar-refractivity contribution in [1.29, 1.82) is 0 Å². The average molecular weight is 359 g/mol. The smallest absolute Gasteiger partial charge is 0.244 e. The van der Waals surface area contributed by atoms with Gasteiger partial charge in [-0.25, -0.2) is 0 Å². The number of fused-ring (bicyclic) bond motifs is 1. The fraction of sp³-hybridized carbons (Fsp3) is 0.211. The average Bonchev–Trinajstić information content (AvgIpc) is 3.00. The number of anilines is 1. The van der Waals surface area contributed by atoms with E-state index in [4.69, 9.17) is 21.1 Å². The molecule has 0 aliphatic carbocycles. The van der Waals surface area contributed by atoms with Gasteiger partial charge in [0.05, 0.1) is 19.7 Å². The van der Waals surface area contributed by atoms with Crippen LogP contribution in [0, 0.1) is 6.92 Å². The van der Waals surface area contributed by atoms with Crippen LogP contribution in [-0.2, 0) is 11.3 Å². The molecule has 25 heavy (non-hydrogen) atoms. The number of benzene rings is 2. The van der Waals surface area contributed by atoms with Gasteiger partial charge in [-0.3, -0.25) is 4.79 Å². The first kappa shape index (κ1) is 17.2. The number of ether oxygens (including phenoxy) is 2. The van der Waals surface area contributed by atoms with Crippen molar-refractivity contribution in [3.8, 4) is 11.5 Å². The van der Waals surface area contributed by atoms with E-state index in [1.165, 1.54) is 0 Å². The molecule has 0 atom stereocenters. The Morgan fingerprint density at radius 2 is 2.00 bits per heavy atom. The number of methoxy groups -OCH3 is 2. The van der Waals surface area contributed by atoms with Gasteiger partial charge in [0.25, 0.3) is 0 Å². The second kappa shape index (κ2) is 7.07. The van der Waals surface area contributed by atoms with Crippen LogP contribution < -0.4 is 14.8 Å². The van der Waals surface area contributed by atoms with Crippen LogP contribution in [0.1, 0.15) is 5.56 Å². The van der Waals surface area contributed by atoms with E-state index in [0.717, 1.165) is 16.5 Å². The minimum Gasteiger partial charge on any atom is -0.497 e. The highest BCUT2D eigenvalue weighted by atomic mass is 35.5. The van der Waals surface area contributed by atoms with E-state index >= 15 is 0 Å². The maximum Gasteiger partial charge on any atom is 0.244 e. The normalized spacial score (nSPS) is 10.7. The van der Waals surface area contributed by atoms with Crippen LogP contribution in [0.3, 0.4) is 0 Å². The summed E-state index contributed by atoms with van der Waals surface area (Å²) in [5.74, 6) is 1.25. The summed E-state index contributed by atoms with van der Waals surface area (Å²) >= 11 is 6.10. The lowest BCUT2D eigenvalue weighted by Crippen LogP contribution is -2.18. The number of aromatic nitrogens is 1. The van der Waals surface area contributed by atoms with E-state index in [0.29, 0.717) is 22.2 Å². The third-order valence-electron chi connectivity index (χ3n) is 4.14. The molecule has 2 aromatic carbocycles. The molecule has 0 unspecified atom stereocenters. The molecule has 0 aliphatic rings. The Balaban J connectivity index is 1.87. The molecule has 130 valence electrons. The molecule has 0 saturated carbocycles. The molecule has 1 heterocycles. The highest BCUT2D eigenvalue weighted by Gasteiger charge is 2.13. The van der Waals surface area contributed by atoms with Gasteiger partial charge >= 0.3 is 0 Å². The van der Waals surface area contributed by atoms with Crippen molar-refractivity contribution in [3.63, 3.8) is 0 Å². The van der Waals surface area contributed by atoms with E-state index in [9.17, 15) is 4.79 Å². The van der Waals surface area contributed by atoms with Gasteiger partial charge in [-0.05, 0) is 30.7 Å². The van der Waals surface area contributed by atoms with Gasteiger partial charge in [0.1, 0.15) is 18.0 Å². The number of amides is 1. The molecule has 3 aromatic rings. The molecule has 3 rings (SSSR count). The van der Waals surface area contributed by atoms with Gasteiger partial charge in [-0.1, -0.05) is 17.7 Å². The zero-order chi connectivity index (χ0) is 18.0. The van der Waals surface area contributed by atoms with Crippen molar-refractivity contribution in [2.45, 2.75) is 13.5 Å². The molecule has 0 aliphatic heterocycles. The zero-order valence-electron chi connectivity index (χ0n) is 14.3. The molecular weight excluding hydrogens is 340 g/mol. The zero-order valence-corrected chi connectivity index (χ0v) is 15.1. The quantitative estimate of drug-likeness (QED) is 0.741. The third-order valence-corrected chi connectivity index (χ3v) is 4.55. The van der Waals surface area contributed by atoms with Crippen LogP contribution in [0.2, 0.25) is 5.02 Å². The summed E-state index contributed by atoms with van der Waals surface area (Å²) in [5, 5.41) is 4.45. The summed E-state index contributed by atoms with van der Waals surface area (Å²) in [4.78, 5) is 12.5. The van der Waals surface area contributed by atoms with E-state index in [-0.39, 0.29) is 12.5 Å². The van der Waals surface area contributed by atoms with Crippen LogP contribution in [-0.4, -0.2) is 24.7 Å². The van der Waals surface area contributed by atoms with Gasteiger partial charge in [-0.2, -0.15) is 0 Å². The number of rotatable bonds is 5. The van der Waals surface area contributed by atoms with Gasteiger partial charge in [0.15, 0.2) is 0 Å². The van der Waals surface area contributed by atoms with Crippen molar-refractivity contribution < 1.29 is 14.3 Å². The number of carbonyl (C=O) groups excluding carboxylic acids is 1. The standard InChI is InChI=1S/C19H19ClN2O3/c1-12-15(20)5-4-6-16(12)21-19(23)11-22-8-7-14-17(22)9-13(24-2)10-18(14)25-3/h4-10H,11H2,1-3H3,(H,21,23). The minimum absolute atomic E-state index is 0.135. The van der Waals surface area contributed by atoms with Crippen molar-refractivity contribution in [2.24, 2.45) is 0 Å². The molecule has 0 radical (unpaired) electrons. The fourth-order valence-corrected chi connectivity index (χ4v) is 2.92. The maximum absolute atomic E-state index is 12.5. The lowest BCUT2D eigenvalue weighted by Gasteiger charge is -2.11. The number of hydrogen-bond donors (Lipinski definition) is 1. The molecule has 1 amide bonds. The van der Waals surface area contributed by atoms with E-state index < -0.39 is 0 Å². The molecule has 5 nitrogen and oxygen atoms in total.